The highest BCUT2D eigenvalue weighted by Crippen LogP contribution is 2.40. The molecule has 1 amide bonds. The Morgan fingerprint density at radius 1 is 1.24 bits per heavy atom. The van der Waals surface area contributed by atoms with Crippen LogP contribution in [0.2, 0.25) is 0 Å². The van der Waals surface area contributed by atoms with Crippen LogP contribution >= 0.6 is 0 Å². The van der Waals surface area contributed by atoms with Crippen molar-refractivity contribution >= 4 is 5.91 Å². The molecule has 2 aromatic rings. The molecule has 6 heteroatoms. The number of nitrogens with zero attached hydrogens (tertiary/aromatic N) is 4. The van der Waals surface area contributed by atoms with E-state index in [2.05, 4.69) is 10.1 Å². The molecule has 4 rings (SSSR count). The first kappa shape index (κ1) is 16.2. The lowest BCUT2D eigenvalue weighted by atomic mass is 9.90. The van der Waals surface area contributed by atoms with Gasteiger partial charge in [0, 0.05) is 43.6 Å². The number of hydrogen-bond acceptors (Lipinski definition) is 5. The predicted octanol–water partition coefficient (Wildman–Crippen LogP) is 3.43. The van der Waals surface area contributed by atoms with Crippen LogP contribution in [0.25, 0.3) is 11.3 Å². The van der Waals surface area contributed by atoms with E-state index in [0.29, 0.717) is 18.3 Å². The maximum Gasteiger partial charge on any atom is 0.222 e. The number of carbonyl (C=O) groups is 1. The van der Waals surface area contributed by atoms with Crippen LogP contribution in [-0.4, -0.2) is 39.0 Å². The van der Waals surface area contributed by atoms with Crippen molar-refractivity contribution in [1.29, 1.82) is 0 Å². The third-order valence-corrected chi connectivity index (χ3v) is 5.21. The first-order chi connectivity index (χ1) is 12.2. The third-order valence-electron chi connectivity index (χ3n) is 5.21. The summed E-state index contributed by atoms with van der Waals surface area (Å²) in [6, 6.07) is 1.94. The first-order valence-corrected chi connectivity index (χ1v) is 9.24. The van der Waals surface area contributed by atoms with Crippen molar-refractivity contribution in [2.75, 3.05) is 13.1 Å². The molecule has 1 saturated heterocycles. The number of piperidine rings is 1. The van der Waals surface area contributed by atoms with Gasteiger partial charge < -0.3 is 9.42 Å². The number of rotatable bonds is 4. The summed E-state index contributed by atoms with van der Waals surface area (Å²) in [5.74, 6) is 2.79. The van der Waals surface area contributed by atoms with Crippen molar-refractivity contribution in [2.24, 2.45) is 0 Å². The predicted molar refractivity (Wildman–Crippen MR) is 93.1 cm³/mol. The van der Waals surface area contributed by atoms with Crippen LogP contribution in [0, 0.1) is 6.92 Å². The van der Waals surface area contributed by atoms with E-state index in [1.54, 1.807) is 0 Å². The highest BCUT2D eigenvalue weighted by atomic mass is 16.5. The number of amides is 1. The molecule has 3 heterocycles. The van der Waals surface area contributed by atoms with Crippen LogP contribution in [0.5, 0.6) is 0 Å². The molecule has 0 unspecified atom stereocenters. The van der Waals surface area contributed by atoms with Crippen LogP contribution in [0.3, 0.4) is 0 Å². The van der Waals surface area contributed by atoms with Gasteiger partial charge >= 0.3 is 0 Å². The second-order valence-corrected chi connectivity index (χ2v) is 7.14. The number of aryl methyl sites for hydroxylation is 1. The Balaban J connectivity index is 1.63. The van der Waals surface area contributed by atoms with Gasteiger partial charge in [0.2, 0.25) is 5.91 Å². The summed E-state index contributed by atoms with van der Waals surface area (Å²) < 4.78 is 5.48. The van der Waals surface area contributed by atoms with Crippen LogP contribution in [-0.2, 0) is 4.79 Å². The average Bonchev–Trinajstić information content (AvgIpc) is 3.42. The molecule has 0 bridgehead atoms. The molecule has 132 valence electrons. The van der Waals surface area contributed by atoms with Gasteiger partial charge in [0.15, 0.2) is 5.76 Å². The summed E-state index contributed by atoms with van der Waals surface area (Å²) in [5, 5.41) is 4.01. The van der Waals surface area contributed by atoms with Crippen LogP contribution in [0.1, 0.15) is 68.1 Å². The van der Waals surface area contributed by atoms with E-state index >= 15 is 0 Å². The van der Waals surface area contributed by atoms with Gasteiger partial charge in [-0.1, -0.05) is 12.1 Å². The SMILES string of the molecule is CCC(=O)N1CCC(c2nc(C3CC3)ncc2-c2cc(C)no2)CC1. The van der Waals surface area contributed by atoms with Gasteiger partial charge in [0.05, 0.1) is 17.0 Å². The molecule has 0 radical (unpaired) electrons. The lowest BCUT2D eigenvalue weighted by Crippen LogP contribution is -2.37. The van der Waals surface area contributed by atoms with Crippen LogP contribution < -0.4 is 0 Å². The minimum atomic E-state index is 0.242. The quantitative estimate of drug-likeness (QED) is 0.852. The lowest BCUT2D eigenvalue weighted by Gasteiger charge is -2.32. The summed E-state index contributed by atoms with van der Waals surface area (Å²) in [6.07, 6.45) is 6.72. The molecule has 2 aromatic heterocycles. The Morgan fingerprint density at radius 3 is 2.60 bits per heavy atom. The van der Waals surface area contributed by atoms with E-state index in [-0.39, 0.29) is 5.91 Å². The zero-order valence-corrected chi connectivity index (χ0v) is 14.9. The van der Waals surface area contributed by atoms with Crippen molar-refractivity contribution in [3.05, 3.63) is 29.5 Å². The Bertz CT molecular complexity index is 773. The minimum absolute atomic E-state index is 0.242. The van der Waals surface area contributed by atoms with Crippen molar-refractivity contribution in [1.82, 2.24) is 20.0 Å². The molecular formula is C19H24N4O2. The smallest absolute Gasteiger partial charge is 0.222 e. The number of carbonyl (C=O) groups excluding carboxylic acids is 1. The summed E-state index contributed by atoms with van der Waals surface area (Å²) in [5.41, 5.74) is 2.87. The second kappa shape index (κ2) is 6.58. The Hall–Kier alpha value is -2.24. The largest absolute Gasteiger partial charge is 0.356 e. The van der Waals surface area contributed by atoms with Gasteiger partial charge in [0.25, 0.3) is 0 Å². The molecule has 0 N–H and O–H groups in total. The fourth-order valence-electron chi connectivity index (χ4n) is 3.57. The zero-order valence-electron chi connectivity index (χ0n) is 14.9. The molecule has 1 aliphatic carbocycles. The molecular weight excluding hydrogens is 316 g/mol. The Kier molecular flexibility index (Phi) is 4.27. The van der Waals surface area contributed by atoms with E-state index in [1.165, 1.54) is 12.8 Å². The zero-order chi connectivity index (χ0) is 17.4. The molecule has 0 atom stereocenters. The number of likely N-dealkylation sites (tertiary alicyclic amines) is 1. The molecule has 0 spiro atoms. The van der Waals surface area contributed by atoms with Crippen molar-refractivity contribution in [3.8, 4) is 11.3 Å². The van der Waals surface area contributed by atoms with Crippen molar-refractivity contribution in [3.63, 3.8) is 0 Å². The molecule has 6 nitrogen and oxygen atoms in total. The lowest BCUT2D eigenvalue weighted by molar-refractivity contribution is -0.131. The van der Waals surface area contributed by atoms with Crippen molar-refractivity contribution < 1.29 is 9.32 Å². The Labute approximate surface area is 147 Å². The summed E-state index contributed by atoms with van der Waals surface area (Å²) in [4.78, 5) is 23.4. The van der Waals surface area contributed by atoms with Gasteiger partial charge in [-0.15, -0.1) is 0 Å². The van der Waals surface area contributed by atoms with E-state index in [0.717, 1.165) is 54.5 Å². The van der Waals surface area contributed by atoms with Gasteiger partial charge in [-0.2, -0.15) is 0 Å². The number of aromatic nitrogens is 3. The molecule has 0 aromatic carbocycles. The molecule has 1 aliphatic heterocycles. The van der Waals surface area contributed by atoms with Crippen LogP contribution in [0.15, 0.2) is 16.8 Å². The van der Waals surface area contributed by atoms with Gasteiger partial charge in [-0.05, 0) is 32.6 Å². The molecule has 25 heavy (non-hydrogen) atoms. The van der Waals surface area contributed by atoms with Crippen molar-refractivity contribution in [2.45, 2.75) is 57.8 Å². The summed E-state index contributed by atoms with van der Waals surface area (Å²) in [6.45, 7) is 5.44. The summed E-state index contributed by atoms with van der Waals surface area (Å²) >= 11 is 0. The highest BCUT2D eigenvalue weighted by molar-refractivity contribution is 5.76. The number of hydrogen-bond donors (Lipinski definition) is 0. The fraction of sp³-hybridized carbons (Fsp3) is 0.579. The topological polar surface area (TPSA) is 72.1 Å². The van der Waals surface area contributed by atoms with E-state index < -0.39 is 0 Å². The van der Waals surface area contributed by atoms with Gasteiger partial charge in [-0.3, -0.25) is 4.79 Å². The van der Waals surface area contributed by atoms with E-state index in [1.807, 2.05) is 31.0 Å². The van der Waals surface area contributed by atoms with Crippen LogP contribution in [0.4, 0.5) is 0 Å². The maximum absolute atomic E-state index is 11.9. The van der Waals surface area contributed by atoms with Gasteiger partial charge in [0.1, 0.15) is 5.82 Å². The normalized spacial score (nSPS) is 18.6. The molecule has 2 fully saturated rings. The van der Waals surface area contributed by atoms with E-state index in [4.69, 9.17) is 9.51 Å². The highest BCUT2D eigenvalue weighted by Gasteiger charge is 2.31. The third kappa shape index (κ3) is 3.30. The van der Waals surface area contributed by atoms with Gasteiger partial charge in [-0.25, -0.2) is 9.97 Å². The summed E-state index contributed by atoms with van der Waals surface area (Å²) in [7, 11) is 0. The average molecular weight is 340 g/mol. The second-order valence-electron chi connectivity index (χ2n) is 7.14. The fourth-order valence-corrected chi connectivity index (χ4v) is 3.57. The first-order valence-electron chi connectivity index (χ1n) is 9.24. The maximum atomic E-state index is 11.9. The standard InChI is InChI=1S/C19H24N4O2/c1-3-17(24)23-8-6-13(7-9-23)18-15(16-10-12(2)22-25-16)11-20-19(21-18)14-4-5-14/h10-11,13-14H,3-9H2,1-2H3. The Morgan fingerprint density at radius 2 is 2.00 bits per heavy atom. The monoisotopic (exact) mass is 340 g/mol. The molecule has 2 aliphatic rings. The minimum Gasteiger partial charge on any atom is -0.356 e. The molecule has 1 saturated carbocycles. The van der Waals surface area contributed by atoms with E-state index in [9.17, 15) is 4.79 Å².